The van der Waals surface area contributed by atoms with Gasteiger partial charge < -0.3 is 5.73 Å². The first-order valence-electron chi connectivity index (χ1n) is 5.91. The van der Waals surface area contributed by atoms with Gasteiger partial charge >= 0.3 is 0 Å². The SMILES string of the molecule is CCc1nn(C)c(CSc2ccc(N)c(Cl)c2)c1Cl. The van der Waals surface area contributed by atoms with Crippen molar-refractivity contribution in [1.29, 1.82) is 0 Å². The molecule has 0 radical (unpaired) electrons. The maximum atomic E-state index is 6.31. The molecule has 1 aromatic carbocycles. The van der Waals surface area contributed by atoms with Gasteiger partial charge in [0.1, 0.15) is 0 Å². The van der Waals surface area contributed by atoms with Gasteiger partial charge in [-0.1, -0.05) is 30.1 Å². The van der Waals surface area contributed by atoms with E-state index in [9.17, 15) is 0 Å². The number of nitrogen functional groups attached to an aromatic ring is 1. The van der Waals surface area contributed by atoms with E-state index < -0.39 is 0 Å². The molecule has 0 aliphatic rings. The second-order valence-electron chi connectivity index (χ2n) is 4.16. The fourth-order valence-corrected chi connectivity index (χ4v) is 3.41. The number of thioether (sulfide) groups is 1. The topological polar surface area (TPSA) is 43.8 Å². The quantitative estimate of drug-likeness (QED) is 0.680. The summed E-state index contributed by atoms with van der Waals surface area (Å²) in [7, 11) is 1.91. The molecule has 19 heavy (non-hydrogen) atoms. The van der Waals surface area contributed by atoms with Crippen LogP contribution in [-0.4, -0.2) is 9.78 Å². The van der Waals surface area contributed by atoms with Crippen molar-refractivity contribution >= 4 is 40.7 Å². The second-order valence-corrected chi connectivity index (χ2v) is 5.99. The van der Waals surface area contributed by atoms with Gasteiger partial charge in [-0.2, -0.15) is 5.10 Å². The Labute approximate surface area is 127 Å². The van der Waals surface area contributed by atoms with Crippen molar-refractivity contribution in [2.24, 2.45) is 7.05 Å². The predicted molar refractivity (Wildman–Crippen MR) is 83.0 cm³/mol. The van der Waals surface area contributed by atoms with Gasteiger partial charge in [-0.15, -0.1) is 11.8 Å². The summed E-state index contributed by atoms with van der Waals surface area (Å²) in [5.41, 5.74) is 8.25. The Morgan fingerprint density at radius 2 is 2.11 bits per heavy atom. The minimum Gasteiger partial charge on any atom is -0.398 e. The number of hydrogen-bond acceptors (Lipinski definition) is 3. The Morgan fingerprint density at radius 3 is 2.68 bits per heavy atom. The van der Waals surface area contributed by atoms with Crippen molar-refractivity contribution < 1.29 is 0 Å². The summed E-state index contributed by atoms with van der Waals surface area (Å²) >= 11 is 14.0. The number of anilines is 1. The zero-order valence-electron chi connectivity index (χ0n) is 10.8. The highest BCUT2D eigenvalue weighted by molar-refractivity contribution is 7.98. The molecule has 0 fully saturated rings. The van der Waals surface area contributed by atoms with Crippen molar-refractivity contribution in [3.05, 3.63) is 39.6 Å². The highest BCUT2D eigenvalue weighted by Crippen LogP contribution is 2.31. The molecule has 1 heterocycles. The number of nitrogens with zero attached hydrogens (tertiary/aromatic N) is 2. The van der Waals surface area contributed by atoms with Crippen LogP contribution in [0.2, 0.25) is 10.0 Å². The molecule has 1 aromatic heterocycles. The first kappa shape index (κ1) is 14.6. The van der Waals surface area contributed by atoms with Gasteiger partial charge in [0, 0.05) is 17.7 Å². The lowest BCUT2D eigenvalue weighted by Gasteiger charge is -2.05. The Hall–Kier alpha value is -0.840. The number of aromatic nitrogens is 2. The molecule has 6 heteroatoms. The summed E-state index contributed by atoms with van der Waals surface area (Å²) in [4.78, 5) is 1.06. The molecule has 2 rings (SSSR count). The van der Waals surface area contributed by atoms with E-state index in [-0.39, 0.29) is 0 Å². The molecule has 0 saturated heterocycles. The van der Waals surface area contributed by atoms with E-state index >= 15 is 0 Å². The second kappa shape index (κ2) is 6.07. The van der Waals surface area contributed by atoms with Gasteiger partial charge in [0.25, 0.3) is 0 Å². The lowest BCUT2D eigenvalue weighted by atomic mass is 10.3. The number of halogens is 2. The molecule has 2 N–H and O–H groups in total. The van der Waals surface area contributed by atoms with Gasteiger partial charge in [0.15, 0.2) is 0 Å². The fraction of sp³-hybridized carbons (Fsp3) is 0.308. The highest BCUT2D eigenvalue weighted by Gasteiger charge is 2.13. The standard InChI is InChI=1S/C13H15Cl2N3S/c1-3-11-13(15)12(18(2)17-11)7-19-8-4-5-10(16)9(14)6-8/h4-6H,3,7,16H2,1-2H3. The van der Waals surface area contributed by atoms with Gasteiger partial charge in [0.2, 0.25) is 0 Å². The number of rotatable bonds is 4. The lowest BCUT2D eigenvalue weighted by Crippen LogP contribution is -1.97. The van der Waals surface area contributed by atoms with E-state index in [1.54, 1.807) is 11.8 Å². The summed E-state index contributed by atoms with van der Waals surface area (Å²) in [5, 5.41) is 5.74. The highest BCUT2D eigenvalue weighted by atomic mass is 35.5. The van der Waals surface area contributed by atoms with Crippen LogP contribution in [0.4, 0.5) is 5.69 Å². The van der Waals surface area contributed by atoms with E-state index in [0.29, 0.717) is 10.7 Å². The average molecular weight is 316 g/mol. The van der Waals surface area contributed by atoms with Crippen LogP contribution in [-0.2, 0) is 19.2 Å². The molecule has 0 aliphatic carbocycles. The van der Waals surface area contributed by atoms with E-state index in [4.69, 9.17) is 28.9 Å². The molecule has 102 valence electrons. The van der Waals surface area contributed by atoms with Gasteiger partial charge in [-0.05, 0) is 24.6 Å². The molecule has 0 unspecified atom stereocenters. The van der Waals surface area contributed by atoms with Crippen molar-refractivity contribution in [2.45, 2.75) is 24.0 Å². The van der Waals surface area contributed by atoms with Crippen LogP contribution in [0.15, 0.2) is 23.1 Å². The smallest absolute Gasteiger partial charge is 0.0858 e. The van der Waals surface area contributed by atoms with E-state index in [1.165, 1.54) is 0 Å². The van der Waals surface area contributed by atoms with Crippen LogP contribution in [0.1, 0.15) is 18.3 Å². The lowest BCUT2D eigenvalue weighted by molar-refractivity contribution is 0.720. The summed E-state index contributed by atoms with van der Waals surface area (Å²) < 4.78 is 1.84. The molecule has 0 saturated carbocycles. The Morgan fingerprint density at radius 1 is 1.37 bits per heavy atom. The van der Waals surface area contributed by atoms with Crippen LogP contribution in [0.3, 0.4) is 0 Å². The molecule has 0 amide bonds. The zero-order chi connectivity index (χ0) is 14.0. The molecule has 0 spiro atoms. The summed E-state index contributed by atoms with van der Waals surface area (Å²) in [6.07, 6.45) is 0.838. The normalized spacial score (nSPS) is 10.9. The van der Waals surface area contributed by atoms with Gasteiger partial charge in [-0.3, -0.25) is 4.68 Å². The Bertz CT molecular complexity index is 596. The Balaban J connectivity index is 2.14. The third-order valence-corrected chi connectivity index (χ3v) is 4.62. The average Bonchev–Trinajstić information content (AvgIpc) is 2.66. The Kier molecular flexibility index (Phi) is 4.66. The molecule has 0 atom stereocenters. The summed E-state index contributed by atoms with van der Waals surface area (Å²) in [6, 6.07) is 5.64. The van der Waals surface area contributed by atoms with E-state index in [0.717, 1.165) is 33.5 Å². The van der Waals surface area contributed by atoms with Gasteiger partial charge in [-0.25, -0.2) is 0 Å². The van der Waals surface area contributed by atoms with Crippen LogP contribution in [0.5, 0.6) is 0 Å². The summed E-state index contributed by atoms with van der Waals surface area (Å²) in [5.74, 6) is 0.753. The van der Waals surface area contributed by atoms with Crippen LogP contribution in [0.25, 0.3) is 0 Å². The minimum absolute atomic E-state index is 0.579. The van der Waals surface area contributed by atoms with Crippen molar-refractivity contribution in [3.63, 3.8) is 0 Å². The van der Waals surface area contributed by atoms with E-state index in [1.807, 2.05) is 36.9 Å². The fourth-order valence-electron chi connectivity index (χ4n) is 1.73. The third-order valence-electron chi connectivity index (χ3n) is 2.85. The van der Waals surface area contributed by atoms with Crippen molar-refractivity contribution in [1.82, 2.24) is 9.78 Å². The van der Waals surface area contributed by atoms with Crippen molar-refractivity contribution in [3.8, 4) is 0 Å². The molecule has 0 aliphatic heterocycles. The molecular weight excluding hydrogens is 301 g/mol. The number of aryl methyl sites for hydroxylation is 2. The largest absolute Gasteiger partial charge is 0.398 e. The first-order chi connectivity index (χ1) is 9.02. The van der Waals surface area contributed by atoms with Crippen LogP contribution in [0, 0.1) is 0 Å². The summed E-state index contributed by atoms with van der Waals surface area (Å²) in [6.45, 7) is 2.05. The minimum atomic E-state index is 0.579. The van der Waals surface area contributed by atoms with Crippen molar-refractivity contribution in [2.75, 3.05) is 5.73 Å². The number of nitrogens with two attached hydrogens (primary N) is 1. The molecular formula is C13H15Cl2N3S. The number of benzene rings is 1. The predicted octanol–water partition coefficient (Wildman–Crippen LogP) is 4.16. The first-order valence-corrected chi connectivity index (χ1v) is 7.65. The maximum absolute atomic E-state index is 6.31. The van der Waals surface area contributed by atoms with Crippen LogP contribution < -0.4 is 5.73 Å². The van der Waals surface area contributed by atoms with Crippen LogP contribution >= 0.6 is 35.0 Å². The zero-order valence-corrected chi connectivity index (χ0v) is 13.1. The van der Waals surface area contributed by atoms with E-state index in [2.05, 4.69) is 5.10 Å². The monoisotopic (exact) mass is 315 g/mol. The molecule has 2 aromatic rings. The number of hydrogen-bond donors (Lipinski definition) is 1. The van der Waals surface area contributed by atoms with Gasteiger partial charge in [0.05, 0.1) is 27.1 Å². The maximum Gasteiger partial charge on any atom is 0.0858 e. The molecule has 0 bridgehead atoms. The third kappa shape index (κ3) is 3.19. The molecule has 3 nitrogen and oxygen atoms in total.